The van der Waals surface area contributed by atoms with Gasteiger partial charge >= 0.3 is 0 Å². The highest BCUT2D eigenvalue weighted by Gasteiger charge is 2.17. The Bertz CT molecular complexity index is 1300. The van der Waals surface area contributed by atoms with Crippen LogP contribution in [0.3, 0.4) is 0 Å². The highest BCUT2D eigenvalue weighted by Crippen LogP contribution is 2.40. The molecule has 0 amide bonds. The summed E-state index contributed by atoms with van der Waals surface area (Å²) >= 11 is 0. The fraction of sp³-hybridized carbons (Fsp3) is 0. The Hall–Kier alpha value is -3.98. The first-order valence-corrected chi connectivity index (χ1v) is 9.86. The maximum Gasteiger partial charge on any atom is 0.139 e. The number of benzene rings is 4. The van der Waals surface area contributed by atoms with E-state index in [1.165, 1.54) is 12.1 Å². The van der Waals surface area contributed by atoms with Gasteiger partial charge in [0.05, 0.1) is 5.69 Å². The predicted octanol–water partition coefficient (Wildman–Crippen LogP) is 7.45. The normalized spacial score (nSPS) is 10.8. The topological polar surface area (TPSA) is 24.9 Å². The van der Waals surface area contributed by atoms with Crippen molar-refractivity contribution < 1.29 is 4.39 Å². The predicted molar refractivity (Wildman–Crippen MR) is 122 cm³/mol. The van der Waals surface area contributed by atoms with E-state index in [0.29, 0.717) is 0 Å². The molecule has 4 aromatic carbocycles. The van der Waals surface area contributed by atoms with Gasteiger partial charge in [-0.25, -0.2) is 9.37 Å². The molecule has 5 aromatic rings. The molecule has 2 nitrogen and oxygen atoms in total. The Morgan fingerprint density at radius 3 is 1.80 bits per heavy atom. The van der Waals surface area contributed by atoms with Crippen molar-refractivity contribution in [2.24, 2.45) is 0 Å². The Kier molecular flexibility index (Phi) is 4.70. The van der Waals surface area contributed by atoms with Crippen LogP contribution >= 0.6 is 0 Å². The molecule has 0 aliphatic heterocycles. The van der Waals surface area contributed by atoms with Gasteiger partial charge < -0.3 is 5.32 Å². The Morgan fingerprint density at radius 1 is 0.567 bits per heavy atom. The third kappa shape index (κ3) is 3.42. The summed E-state index contributed by atoms with van der Waals surface area (Å²) in [5.74, 6) is 0.485. The van der Waals surface area contributed by atoms with Crippen LogP contribution in [0.25, 0.3) is 33.2 Å². The monoisotopic (exact) mass is 390 g/mol. The molecule has 0 atom stereocenters. The molecule has 0 saturated carbocycles. The van der Waals surface area contributed by atoms with E-state index in [4.69, 9.17) is 4.98 Å². The average molecular weight is 390 g/mol. The Balaban J connectivity index is 1.79. The molecule has 0 radical (unpaired) electrons. The van der Waals surface area contributed by atoms with Gasteiger partial charge in [0, 0.05) is 22.2 Å². The van der Waals surface area contributed by atoms with Gasteiger partial charge in [0.1, 0.15) is 11.6 Å². The molecule has 0 aliphatic carbocycles. The zero-order chi connectivity index (χ0) is 20.3. The van der Waals surface area contributed by atoms with Gasteiger partial charge in [-0.2, -0.15) is 0 Å². The van der Waals surface area contributed by atoms with Gasteiger partial charge in [-0.15, -0.1) is 0 Å². The summed E-state index contributed by atoms with van der Waals surface area (Å²) in [7, 11) is 0. The lowest BCUT2D eigenvalue weighted by Crippen LogP contribution is -2.00. The summed E-state index contributed by atoms with van der Waals surface area (Å²) in [6.45, 7) is 0. The van der Waals surface area contributed by atoms with E-state index in [1.807, 2.05) is 48.5 Å². The van der Waals surface area contributed by atoms with E-state index in [1.54, 1.807) is 12.1 Å². The largest absolute Gasteiger partial charge is 0.340 e. The molecule has 30 heavy (non-hydrogen) atoms. The standard InChI is InChI=1S/C27H19FN2/c28-21-15-17-22(18-16-21)29-27-24-14-8-7-13-23(24)25(19-9-3-1-4-10-19)26(30-27)20-11-5-2-6-12-20/h1-18H,(H,29,30). The molecular weight excluding hydrogens is 371 g/mol. The summed E-state index contributed by atoms with van der Waals surface area (Å²) in [4.78, 5) is 5.06. The van der Waals surface area contributed by atoms with Crippen molar-refractivity contribution in [2.75, 3.05) is 5.32 Å². The SMILES string of the molecule is Fc1ccc(Nc2nc(-c3ccccc3)c(-c3ccccc3)c3ccccc23)cc1. The van der Waals surface area contributed by atoms with Crippen molar-refractivity contribution in [3.8, 4) is 22.4 Å². The van der Waals surface area contributed by atoms with Crippen LogP contribution in [0.5, 0.6) is 0 Å². The number of hydrogen-bond donors (Lipinski definition) is 1. The third-order valence-corrected chi connectivity index (χ3v) is 5.13. The van der Waals surface area contributed by atoms with Crippen molar-refractivity contribution in [3.63, 3.8) is 0 Å². The minimum Gasteiger partial charge on any atom is -0.340 e. The first-order chi connectivity index (χ1) is 14.8. The van der Waals surface area contributed by atoms with E-state index in [9.17, 15) is 4.39 Å². The number of fused-ring (bicyclic) bond motifs is 1. The lowest BCUT2D eigenvalue weighted by Gasteiger charge is -2.17. The van der Waals surface area contributed by atoms with E-state index in [-0.39, 0.29) is 5.82 Å². The van der Waals surface area contributed by atoms with E-state index in [2.05, 4.69) is 41.7 Å². The summed E-state index contributed by atoms with van der Waals surface area (Å²) in [6, 6.07) is 35.1. The number of nitrogens with zero attached hydrogens (tertiary/aromatic N) is 1. The molecule has 5 rings (SSSR count). The second-order valence-electron chi connectivity index (χ2n) is 7.09. The number of anilines is 2. The lowest BCUT2D eigenvalue weighted by molar-refractivity contribution is 0.628. The number of hydrogen-bond acceptors (Lipinski definition) is 2. The number of rotatable bonds is 4. The van der Waals surface area contributed by atoms with Gasteiger partial charge in [-0.3, -0.25) is 0 Å². The molecule has 0 unspecified atom stereocenters. The lowest BCUT2D eigenvalue weighted by atomic mass is 9.94. The maximum absolute atomic E-state index is 13.4. The summed E-state index contributed by atoms with van der Waals surface area (Å²) in [6.07, 6.45) is 0. The molecule has 0 bridgehead atoms. The van der Waals surface area contributed by atoms with E-state index >= 15 is 0 Å². The van der Waals surface area contributed by atoms with Crippen LogP contribution in [0.4, 0.5) is 15.9 Å². The van der Waals surface area contributed by atoms with Crippen LogP contribution in [0.15, 0.2) is 109 Å². The third-order valence-electron chi connectivity index (χ3n) is 5.13. The number of aromatic nitrogens is 1. The molecule has 0 aliphatic rings. The molecule has 0 saturated heterocycles. The highest BCUT2D eigenvalue weighted by atomic mass is 19.1. The molecule has 1 aromatic heterocycles. The van der Waals surface area contributed by atoms with Crippen LogP contribution in [-0.2, 0) is 0 Å². The fourth-order valence-electron chi connectivity index (χ4n) is 3.73. The second-order valence-corrected chi connectivity index (χ2v) is 7.09. The summed E-state index contributed by atoms with van der Waals surface area (Å²) in [5, 5.41) is 5.51. The second kappa shape index (κ2) is 7.80. The smallest absolute Gasteiger partial charge is 0.139 e. The van der Waals surface area contributed by atoms with Gasteiger partial charge in [-0.05, 0) is 35.2 Å². The van der Waals surface area contributed by atoms with Crippen LogP contribution in [-0.4, -0.2) is 4.98 Å². The summed E-state index contributed by atoms with van der Waals surface area (Å²) < 4.78 is 13.4. The molecule has 1 heterocycles. The van der Waals surface area contributed by atoms with Gasteiger partial charge in [0.15, 0.2) is 0 Å². The van der Waals surface area contributed by atoms with Crippen LogP contribution in [0.1, 0.15) is 0 Å². The van der Waals surface area contributed by atoms with Crippen molar-refractivity contribution in [2.45, 2.75) is 0 Å². The first-order valence-electron chi connectivity index (χ1n) is 9.86. The molecule has 0 spiro atoms. The van der Waals surface area contributed by atoms with Crippen molar-refractivity contribution >= 4 is 22.3 Å². The zero-order valence-corrected chi connectivity index (χ0v) is 16.2. The zero-order valence-electron chi connectivity index (χ0n) is 16.2. The average Bonchev–Trinajstić information content (AvgIpc) is 2.81. The van der Waals surface area contributed by atoms with E-state index < -0.39 is 0 Å². The minimum atomic E-state index is -0.261. The Labute approximate surface area is 174 Å². The van der Waals surface area contributed by atoms with E-state index in [0.717, 1.165) is 44.7 Å². The number of halogens is 1. The van der Waals surface area contributed by atoms with Crippen molar-refractivity contribution in [3.05, 3.63) is 115 Å². The molecule has 0 fully saturated rings. The van der Waals surface area contributed by atoms with Crippen LogP contribution < -0.4 is 5.32 Å². The minimum absolute atomic E-state index is 0.261. The van der Waals surface area contributed by atoms with Gasteiger partial charge in [-0.1, -0.05) is 84.9 Å². The van der Waals surface area contributed by atoms with Crippen LogP contribution in [0, 0.1) is 5.82 Å². The Morgan fingerprint density at radius 2 is 1.13 bits per heavy atom. The molecule has 1 N–H and O–H groups in total. The molecule has 144 valence electrons. The van der Waals surface area contributed by atoms with Crippen molar-refractivity contribution in [1.82, 2.24) is 4.98 Å². The molecule has 3 heteroatoms. The number of pyridine rings is 1. The van der Waals surface area contributed by atoms with Crippen LogP contribution in [0.2, 0.25) is 0 Å². The summed E-state index contributed by atoms with van der Waals surface area (Å²) in [5.41, 5.74) is 4.96. The van der Waals surface area contributed by atoms with Gasteiger partial charge in [0.2, 0.25) is 0 Å². The van der Waals surface area contributed by atoms with Gasteiger partial charge in [0.25, 0.3) is 0 Å². The van der Waals surface area contributed by atoms with Crippen molar-refractivity contribution in [1.29, 1.82) is 0 Å². The highest BCUT2D eigenvalue weighted by molar-refractivity contribution is 6.07. The quantitative estimate of drug-likeness (QED) is 0.345. The first kappa shape index (κ1) is 18.1. The fourth-order valence-corrected chi connectivity index (χ4v) is 3.73. The maximum atomic E-state index is 13.4. The molecular formula is C27H19FN2. The number of nitrogens with one attached hydrogen (secondary N) is 1.